The fourth-order valence-electron chi connectivity index (χ4n) is 4.59. The number of benzene rings is 4. The Bertz CT molecular complexity index is 1080. The van der Waals surface area contributed by atoms with Crippen molar-refractivity contribution in [1.82, 2.24) is 0 Å². The van der Waals surface area contributed by atoms with Crippen LogP contribution >= 0.6 is 0 Å². The van der Waals surface area contributed by atoms with Crippen LogP contribution in [0.3, 0.4) is 0 Å². The van der Waals surface area contributed by atoms with Crippen molar-refractivity contribution in [2.24, 2.45) is 0 Å². The quantitative estimate of drug-likeness (QED) is 0.470. The van der Waals surface area contributed by atoms with Gasteiger partial charge < -0.3 is 9.68 Å². The Hall–Kier alpha value is -3.30. The second-order valence-electron chi connectivity index (χ2n) is 7.01. The molecule has 0 heterocycles. The molecule has 1 aliphatic carbocycles. The predicted molar refractivity (Wildman–Crippen MR) is 114 cm³/mol. The Morgan fingerprint density at radius 3 is 1.82 bits per heavy atom. The molecule has 0 saturated carbocycles. The van der Waals surface area contributed by atoms with Crippen LogP contribution in [0.15, 0.2) is 103 Å². The minimum absolute atomic E-state index is 0.330. The Kier molecular flexibility index (Phi) is 4.03. The van der Waals surface area contributed by atoms with Gasteiger partial charge in [0.05, 0.1) is 5.41 Å². The van der Waals surface area contributed by atoms with Crippen molar-refractivity contribution in [3.05, 3.63) is 125 Å². The molecule has 0 unspecified atom stereocenters. The molecule has 28 heavy (non-hydrogen) atoms. The number of hydrogen-bond donors (Lipinski definition) is 1. The molecule has 134 valence electrons. The van der Waals surface area contributed by atoms with Crippen LogP contribution in [0, 0.1) is 0 Å². The molecule has 0 aliphatic heterocycles. The largest absolute Gasteiger partial charge is 0.539 e. The molecule has 0 saturated heterocycles. The SMILES string of the molecule is OBOc1ccc2c(c1)-c1ccccc1C2(c1ccccc1)c1ccccc1. The van der Waals surface area contributed by atoms with E-state index in [-0.39, 0.29) is 13.1 Å². The molecule has 1 N–H and O–H groups in total. The van der Waals surface area contributed by atoms with Gasteiger partial charge in [-0.05, 0) is 45.5 Å². The predicted octanol–water partition coefficient (Wildman–Crippen LogP) is 4.69. The summed E-state index contributed by atoms with van der Waals surface area (Å²) in [6, 6.07) is 36.0. The third-order valence-corrected chi connectivity index (χ3v) is 5.66. The molecule has 5 rings (SSSR count). The monoisotopic (exact) mass is 362 g/mol. The second kappa shape index (κ2) is 6.70. The van der Waals surface area contributed by atoms with Crippen molar-refractivity contribution < 1.29 is 9.68 Å². The first-order valence-corrected chi connectivity index (χ1v) is 9.45. The molecular formula is C25H19BO2. The number of hydrogen-bond acceptors (Lipinski definition) is 2. The minimum atomic E-state index is -0.383. The van der Waals surface area contributed by atoms with E-state index >= 15 is 0 Å². The molecule has 0 fully saturated rings. The molecule has 4 aromatic carbocycles. The van der Waals surface area contributed by atoms with Gasteiger partial charge in [-0.2, -0.15) is 0 Å². The molecule has 3 heteroatoms. The van der Waals surface area contributed by atoms with Crippen molar-refractivity contribution in [1.29, 1.82) is 0 Å². The lowest BCUT2D eigenvalue weighted by Gasteiger charge is -2.33. The highest BCUT2D eigenvalue weighted by atomic mass is 16.5. The van der Waals surface area contributed by atoms with E-state index in [0.717, 1.165) is 5.56 Å². The summed E-state index contributed by atoms with van der Waals surface area (Å²) in [6.45, 7) is 0. The molecular weight excluding hydrogens is 343 g/mol. The highest BCUT2D eigenvalue weighted by Crippen LogP contribution is 2.56. The third kappa shape index (κ3) is 2.33. The van der Waals surface area contributed by atoms with Gasteiger partial charge in [0.1, 0.15) is 5.75 Å². The topological polar surface area (TPSA) is 29.5 Å². The maximum Gasteiger partial charge on any atom is 0.504 e. The lowest BCUT2D eigenvalue weighted by atomic mass is 9.68. The van der Waals surface area contributed by atoms with Crippen LogP contribution in [-0.4, -0.2) is 12.7 Å². The van der Waals surface area contributed by atoms with Crippen LogP contribution in [-0.2, 0) is 5.41 Å². The lowest BCUT2D eigenvalue weighted by molar-refractivity contribution is 0.454. The van der Waals surface area contributed by atoms with E-state index in [9.17, 15) is 5.02 Å². The van der Waals surface area contributed by atoms with Crippen molar-refractivity contribution in [2.45, 2.75) is 5.41 Å². The standard InChI is InChI=1S/C25H19BO2/c27-26-28-20-15-16-24-22(17-20)21-13-7-8-14-23(21)25(24,18-9-3-1-4-10-18)19-11-5-2-6-12-19/h1-17,26-27H. The zero-order valence-corrected chi connectivity index (χ0v) is 15.4. The maximum absolute atomic E-state index is 9.20. The molecule has 0 amide bonds. The van der Waals surface area contributed by atoms with E-state index in [1.807, 2.05) is 12.1 Å². The van der Waals surface area contributed by atoms with Crippen molar-refractivity contribution in [3.63, 3.8) is 0 Å². The molecule has 2 nitrogen and oxygen atoms in total. The van der Waals surface area contributed by atoms with Crippen LogP contribution in [0.1, 0.15) is 22.3 Å². The van der Waals surface area contributed by atoms with Gasteiger partial charge in [-0.3, -0.25) is 0 Å². The molecule has 4 aromatic rings. The van der Waals surface area contributed by atoms with Crippen LogP contribution in [0.2, 0.25) is 0 Å². The van der Waals surface area contributed by atoms with Crippen LogP contribution in [0.4, 0.5) is 0 Å². The summed E-state index contributed by atoms with van der Waals surface area (Å²) in [5.74, 6) is 0.674. The molecule has 0 radical (unpaired) electrons. The summed E-state index contributed by atoms with van der Waals surface area (Å²) >= 11 is 0. The molecule has 0 aromatic heterocycles. The summed E-state index contributed by atoms with van der Waals surface area (Å²) in [5, 5.41) is 9.20. The van der Waals surface area contributed by atoms with Gasteiger partial charge in [0.25, 0.3) is 0 Å². The lowest BCUT2D eigenvalue weighted by Crippen LogP contribution is -2.28. The summed E-state index contributed by atoms with van der Waals surface area (Å²) < 4.78 is 5.38. The van der Waals surface area contributed by atoms with Crippen LogP contribution in [0.25, 0.3) is 11.1 Å². The van der Waals surface area contributed by atoms with E-state index in [1.54, 1.807) is 0 Å². The Morgan fingerprint density at radius 1 is 0.607 bits per heavy atom. The van der Waals surface area contributed by atoms with Crippen molar-refractivity contribution in [3.8, 4) is 16.9 Å². The van der Waals surface area contributed by atoms with E-state index in [1.165, 1.54) is 27.8 Å². The Balaban J connectivity index is 1.91. The Labute approximate surface area is 165 Å². The first-order chi connectivity index (χ1) is 13.9. The van der Waals surface area contributed by atoms with Crippen LogP contribution in [0.5, 0.6) is 5.75 Å². The van der Waals surface area contributed by atoms with Gasteiger partial charge in [-0.15, -0.1) is 0 Å². The van der Waals surface area contributed by atoms with E-state index in [2.05, 4.69) is 91.0 Å². The molecule has 1 aliphatic rings. The number of rotatable bonds is 4. The average Bonchev–Trinajstić information content (AvgIpc) is 3.06. The van der Waals surface area contributed by atoms with Gasteiger partial charge >= 0.3 is 7.69 Å². The van der Waals surface area contributed by atoms with Gasteiger partial charge in [0.15, 0.2) is 0 Å². The van der Waals surface area contributed by atoms with Crippen molar-refractivity contribution >= 4 is 7.69 Å². The zero-order chi connectivity index (χ0) is 19.0. The first-order valence-electron chi connectivity index (χ1n) is 9.45. The second-order valence-corrected chi connectivity index (χ2v) is 7.01. The summed E-state index contributed by atoms with van der Waals surface area (Å²) in [7, 11) is -0.330. The van der Waals surface area contributed by atoms with Gasteiger partial charge in [-0.1, -0.05) is 91.0 Å². The fraction of sp³-hybridized carbons (Fsp3) is 0.0400. The molecule has 0 atom stereocenters. The van der Waals surface area contributed by atoms with Gasteiger partial charge in [0, 0.05) is 0 Å². The minimum Gasteiger partial charge on any atom is -0.539 e. The van der Waals surface area contributed by atoms with Crippen molar-refractivity contribution in [2.75, 3.05) is 0 Å². The maximum atomic E-state index is 9.20. The first kappa shape index (κ1) is 16.8. The van der Waals surface area contributed by atoms with Gasteiger partial charge in [-0.25, -0.2) is 0 Å². The van der Waals surface area contributed by atoms with Gasteiger partial charge in [0.2, 0.25) is 0 Å². The van der Waals surface area contributed by atoms with Crippen LogP contribution < -0.4 is 4.65 Å². The fourth-order valence-corrected chi connectivity index (χ4v) is 4.59. The summed E-state index contributed by atoms with van der Waals surface area (Å²) in [4.78, 5) is 0. The van der Waals surface area contributed by atoms with E-state index in [0.29, 0.717) is 5.75 Å². The number of fused-ring (bicyclic) bond motifs is 3. The summed E-state index contributed by atoms with van der Waals surface area (Å²) in [6.07, 6.45) is 0. The highest BCUT2D eigenvalue weighted by molar-refractivity contribution is 6.17. The summed E-state index contributed by atoms with van der Waals surface area (Å²) in [5.41, 5.74) is 6.95. The zero-order valence-electron chi connectivity index (χ0n) is 15.4. The van der Waals surface area contributed by atoms with E-state index < -0.39 is 0 Å². The Morgan fingerprint density at radius 2 is 1.18 bits per heavy atom. The van der Waals surface area contributed by atoms with E-state index in [4.69, 9.17) is 4.65 Å². The molecule has 0 bridgehead atoms. The average molecular weight is 362 g/mol. The molecule has 0 spiro atoms. The smallest absolute Gasteiger partial charge is 0.504 e. The normalized spacial score (nSPS) is 13.5. The highest BCUT2D eigenvalue weighted by Gasteiger charge is 2.45. The third-order valence-electron chi connectivity index (χ3n) is 5.66.